The number of benzene rings is 3. The molecular formula is C31H33N3O4. The first-order valence-electron chi connectivity index (χ1n) is 13.0. The Balaban J connectivity index is 1.35. The lowest BCUT2D eigenvalue weighted by atomic mass is 9.68. The van der Waals surface area contributed by atoms with E-state index in [9.17, 15) is 14.7 Å². The molecule has 2 N–H and O–H groups in total. The number of aromatic hydroxyl groups is 1. The second-order valence-electron chi connectivity index (χ2n) is 10.0. The fraction of sp³-hybridized carbons (Fsp3) is 0.290. The number of hydrogen-bond donors (Lipinski definition) is 2. The van der Waals surface area contributed by atoms with E-state index in [1.807, 2.05) is 60.7 Å². The lowest BCUT2D eigenvalue weighted by molar-refractivity contribution is 0.0929. The SMILES string of the molecule is COc1ccccc1C(=O)NCC1(c2ccccc2)CCC(n2c(O)cn(Cc3ccccc3)c2=O)CC1. The Hall–Kier alpha value is -4.26. The van der Waals surface area contributed by atoms with Crippen molar-refractivity contribution in [2.75, 3.05) is 13.7 Å². The predicted molar refractivity (Wildman–Crippen MR) is 147 cm³/mol. The number of methoxy groups -OCH3 is 1. The van der Waals surface area contributed by atoms with E-state index < -0.39 is 0 Å². The van der Waals surface area contributed by atoms with Gasteiger partial charge in [-0.05, 0) is 48.9 Å². The monoisotopic (exact) mass is 511 g/mol. The van der Waals surface area contributed by atoms with Crippen LogP contribution in [0, 0.1) is 0 Å². The molecule has 1 aliphatic rings. The van der Waals surface area contributed by atoms with Crippen LogP contribution >= 0.6 is 0 Å². The molecule has 1 amide bonds. The van der Waals surface area contributed by atoms with Gasteiger partial charge in [0.15, 0.2) is 0 Å². The summed E-state index contributed by atoms with van der Waals surface area (Å²) in [6.07, 6.45) is 4.49. The molecule has 4 aromatic rings. The topological polar surface area (TPSA) is 85.5 Å². The minimum atomic E-state index is -0.277. The van der Waals surface area contributed by atoms with Gasteiger partial charge in [0.1, 0.15) is 5.75 Å². The Bertz CT molecular complexity index is 1430. The number of rotatable bonds is 8. The second kappa shape index (κ2) is 11.0. The average molecular weight is 512 g/mol. The first-order valence-corrected chi connectivity index (χ1v) is 13.0. The van der Waals surface area contributed by atoms with E-state index in [1.54, 1.807) is 23.8 Å². The molecule has 0 radical (unpaired) electrons. The maximum atomic E-state index is 13.3. The smallest absolute Gasteiger partial charge is 0.331 e. The molecule has 0 unspecified atom stereocenters. The molecule has 196 valence electrons. The molecule has 7 heteroatoms. The Morgan fingerprint density at radius 1 is 0.974 bits per heavy atom. The number of carbonyl (C=O) groups excluding carboxylic acids is 1. The molecule has 1 aromatic heterocycles. The molecule has 5 rings (SSSR count). The van der Waals surface area contributed by atoms with Gasteiger partial charge < -0.3 is 15.2 Å². The number of hydrogen-bond acceptors (Lipinski definition) is 4. The standard InChI is InChI=1S/C31H33N3O4/c1-38-27-15-9-8-14-26(27)29(36)32-22-31(24-12-6-3-7-13-24)18-16-25(17-19-31)34-28(35)21-33(30(34)37)20-23-10-4-2-5-11-23/h2-15,21,25,35H,16-20,22H2,1H3,(H,32,36). The van der Waals surface area contributed by atoms with Gasteiger partial charge in [-0.15, -0.1) is 0 Å². The van der Waals surface area contributed by atoms with Crippen molar-refractivity contribution in [1.29, 1.82) is 0 Å². The molecule has 3 aromatic carbocycles. The number of carbonyl (C=O) groups is 1. The molecule has 1 fully saturated rings. The van der Waals surface area contributed by atoms with E-state index in [4.69, 9.17) is 4.74 Å². The summed E-state index contributed by atoms with van der Waals surface area (Å²) >= 11 is 0. The number of para-hydroxylation sites is 1. The molecule has 1 saturated carbocycles. The van der Waals surface area contributed by atoms with Gasteiger partial charge in [0.05, 0.1) is 25.4 Å². The summed E-state index contributed by atoms with van der Waals surface area (Å²) in [7, 11) is 1.56. The van der Waals surface area contributed by atoms with Gasteiger partial charge in [-0.3, -0.25) is 13.9 Å². The summed E-state index contributed by atoms with van der Waals surface area (Å²) in [4.78, 5) is 26.4. The van der Waals surface area contributed by atoms with Crippen LogP contribution in [0.5, 0.6) is 11.6 Å². The zero-order valence-corrected chi connectivity index (χ0v) is 21.5. The van der Waals surface area contributed by atoms with Crippen LogP contribution in [0.2, 0.25) is 0 Å². The highest BCUT2D eigenvalue weighted by Gasteiger charge is 2.39. The third-order valence-corrected chi connectivity index (χ3v) is 7.77. The van der Waals surface area contributed by atoms with E-state index in [2.05, 4.69) is 17.4 Å². The van der Waals surface area contributed by atoms with Crippen molar-refractivity contribution in [3.05, 3.63) is 118 Å². The van der Waals surface area contributed by atoms with Crippen molar-refractivity contribution in [2.45, 2.75) is 43.7 Å². The van der Waals surface area contributed by atoms with Gasteiger partial charge in [-0.25, -0.2) is 4.79 Å². The van der Waals surface area contributed by atoms with Crippen molar-refractivity contribution in [3.63, 3.8) is 0 Å². The van der Waals surface area contributed by atoms with Crippen molar-refractivity contribution < 1.29 is 14.6 Å². The van der Waals surface area contributed by atoms with Gasteiger partial charge in [0.2, 0.25) is 5.88 Å². The minimum Gasteiger partial charge on any atom is -0.496 e. The second-order valence-corrected chi connectivity index (χ2v) is 10.0. The third kappa shape index (κ3) is 5.09. The summed E-state index contributed by atoms with van der Waals surface area (Å²) in [6, 6.07) is 27.1. The third-order valence-electron chi connectivity index (χ3n) is 7.77. The van der Waals surface area contributed by atoms with E-state index >= 15 is 0 Å². The Kier molecular flexibility index (Phi) is 7.36. The van der Waals surface area contributed by atoms with Crippen molar-refractivity contribution in [2.24, 2.45) is 0 Å². The maximum Gasteiger partial charge on any atom is 0.331 e. The van der Waals surface area contributed by atoms with Gasteiger partial charge in [0, 0.05) is 18.0 Å². The molecule has 1 heterocycles. The van der Waals surface area contributed by atoms with Gasteiger partial charge in [-0.2, -0.15) is 0 Å². The summed E-state index contributed by atoms with van der Waals surface area (Å²) in [5, 5.41) is 13.9. The van der Waals surface area contributed by atoms with Crippen LogP contribution in [0.15, 0.2) is 95.9 Å². The minimum absolute atomic E-state index is 0.00684. The number of amides is 1. The summed E-state index contributed by atoms with van der Waals surface area (Å²) < 4.78 is 8.47. The number of imidazole rings is 1. The van der Waals surface area contributed by atoms with Crippen LogP contribution < -0.4 is 15.7 Å². The fourth-order valence-electron chi connectivity index (χ4n) is 5.68. The maximum absolute atomic E-state index is 13.3. The van der Waals surface area contributed by atoms with Crippen LogP contribution in [-0.4, -0.2) is 33.8 Å². The van der Waals surface area contributed by atoms with Crippen LogP contribution in [0.25, 0.3) is 0 Å². The van der Waals surface area contributed by atoms with Crippen molar-refractivity contribution in [3.8, 4) is 11.6 Å². The number of ether oxygens (including phenoxy) is 1. The first-order chi connectivity index (χ1) is 18.5. The van der Waals surface area contributed by atoms with E-state index in [0.29, 0.717) is 37.2 Å². The summed E-state index contributed by atoms with van der Waals surface area (Å²) in [5.74, 6) is 0.358. The predicted octanol–water partition coefficient (Wildman–Crippen LogP) is 4.90. The molecular weight excluding hydrogens is 478 g/mol. The first kappa shape index (κ1) is 25.4. The molecule has 38 heavy (non-hydrogen) atoms. The number of nitrogens with zero attached hydrogens (tertiary/aromatic N) is 2. The Labute approximate surface area is 222 Å². The normalized spacial score (nSPS) is 19.1. The molecule has 0 atom stereocenters. The van der Waals surface area contributed by atoms with E-state index in [0.717, 1.165) is 24.0 Å². The van der Waals surface area contributed by atoms with Gasteiger partial charge in [0.25, 0.3) is 5.91 Å². The zero-order valence-electron chi connectivity index (χ0n) is 21.5. The van der Waals surface area contributed by atoms with Gasteiger partial charge in [-0.1, -0.05) is 72.8 Å². The summed E-state index contributed by atoms with van der Waals surface area (Å²) in [5.41, 5.74) is 2.19. The molecule has 7 nitrogen and oxygen atoms in total. The highest BCUT2D eigenvalue weighted by molar-refractivity contribution is 5.96. The lowest BCUT2D eigenvalue weighted by Crippen LogP contribution is -2.44. The molecule has 0 bridgehead atoms. The highest BCUT2D eigenvalue weighted by atomic mass is 16.5. The Morgan fingerprint density at radius 2 is 1.61 bits per heavy atom. The van der Waals surface area contributed by atoms with Crippen molar-refractivity contribution in [1.82, 2.24) is 14.5 Å². The highest BCUT2D eigenvalue weighted by Crippen LogP contribution is 2.43. The molecule has 0 aliphatic heterocycles. The van der Waals surface area contributed by atoms with Crippen molar-refractivity contribution >= 4 is 5.91 Å². The zero-order chi connectivity index (χ0) is 26.5. The quantitative estimate of drug-likeness (QED) is 0.353. The average Bonchev–Trinajstić information content (AvgIpc) is 3.25. The van der Waals surface area contributed by atoms with Crippen LogP contribution in [-0.2, 0) is 12.0 Å². The van der Waals surface area contributed by atoms with Crippen LogP contribution in [0.3, 0.4) is 0 Å². The Morgan fingerprint density at radius 3 is 2.29 bits per heavy atom. The molecule has 1 aliphatic carbocycles. The van der Waals surface area contributed by atoms with Crippen LogP contribution in [0.4, 0.5) is 0 Å². The summed E-state index contributed by atoms with van der Waals surface area (Å²) in [6.45, 7) is 0.881. The molecule has 0 saturated heterocycles. The van der Waals surface area contributed by atoms with Gasteiger partial charge >= 0.3 is 5.69 Å². The number of nitrogens with one attached hydrogen (secondary N) is 1. The van der Waals surface area contributed by atoms with E-state index in [-0.39, 0.29) is 28.9 Å². The number of aromatic nitrogens is 2. The fourth-order valence-corrected chi connectivity index (χ4v) is 5.68. The molecule has 0 spiro atoms. The van der Waals surface area contributed by atoms with Crippen LogP contribution in [0.1, 0.15) is 53.2 Å². The van der Waals surface area contributed by atoms with E-state index in [1.165, 1.54) is 10.8 Å². The largest absolute Gasteiger partial charge is 0.496 e. The lowest BCUT2D eigenvalue weighted by Gasteiger charge is -2.41.